The molecule has 8 heteroatoms. The van der Waals surface area contributed by atoms with Gasteiger partial charge in [0.15, 0.2) is 11.5 Å². The molecule has 1 aliphatic rings. The van der Waals surface area contributed by atoms with Crippen molar-refractivity contribution in [3.63, 3.8) is 0 Å². The van der Waals surface area contributed by atoms with Crippen LogP contribution in [0, 0.1) is 11.7 Å². The normalized spacial score (nSPS) is 14.3. The minimum atomic E-state index is -0.397. The number of anilines is 1. The first-order chi connectivity index (χ1) is 15.9. The van der Waals surface area contributed by atoms with Crippen LogP contribution in [0.4, 0.5) is 10.1 Å². The first-order valence-corrected chi connectivity index (χ1v) is 11.2. The van der Waals surface area contributed by atoms with E-state index in [0.717, 1.165) is 6.42 Å². The minimum absolute atomic E-state index is 0.0779. The molecule has 0 unspecified atom stereocenters. The van der Waals surface area contributed by atoms with Gasteiger partial charge in [-0.3, -0.25) is 14.5 Å². The summed E-state index contributed by atoms with van der Waals surface area (Å²) in [7, 11) is 1.56. The molecule has 7 nitrogen and oxygen atoms in total. The Morgan fingerprint density at radius 1 is 1.06 bits per heavy atom. The molecule has 0 aromatic heterocycles. The van der Waals surface area contributed by atoms with Crippen LogP contribution in [-0.4, -0.2) is 68.1 Å². The Hall–Kier alpha value is -3.13. The molecular weight excluding hydrogens is 425 g/mol. The van der Waals surface area contributed by atoms with E-state index in [-0.39, 0.29) is 18.4 Å². The SMILES string of the molecule is COc1cc(C(=O)N2CCN(CC(=O)Nc3cccc(F)c3)CC2)ccc1OCCC(C)C. The number of hydrogen-bond donors (Lipinski definition) is 1. The van der Waals surface area contributed by atoms with Crippen molar-refractivity contribution in [1.29, 1.82) is 0 Å². The van der Waals surface area contributed by atoms with E-state index in [4.69, 9.17) is 9.47 Å². The molecule has 0 aliphatic carbocycles. The number of hydrogen-bond acceptors (Lipinski definition) is 5. The molecule has 0 atom stereocenters. The van der Waals surface area contributed by atoms with Gasteiger partial charge >= 0.3 is 0 Å². The van der Waals surface area contributed by atoms with Gasteiger partial charge in [0.1, 0.15) is 5.82 Å². The highest BCUT2D eigenvalue weighted by atomic mass is 19.1. The minimum Gasteiger partial charge on any atom is -0.493 e. The van der Waals surface area contributed by atoms with Crippen molar-refractivity contribution in [2.75, 3.05) is 51.8 Å². The number of carbonyl (C=O) groups excluding carboxylic acids is 2. The molecule has 0 radical (unpaired) electrons. The Bertz CT molecular complexity index is 958. The van der Waals surface area contributed by atoms with Gasteiger partial charge in [-0.15, -0.1) is 0 Å². The Balaban J connectivity index is 1.50. The molecule has 0 bridgehead atoms. The number of halogens is 1. The zero-order valence-corrected chi connectivity index (χ0v) is 19.5. The zero-order chi connectivity index (χ0) is 23.8. The van der Waals surface area contributed by atoms with Gasteiger partial charge in [-0.05, 0) is 48.7 Å². The van der Waals surface area contributed by atoms with Crippen LogP contribution in [0.3, 0.4) is 0 Å². The molecule has 1 saturated heterocycles. The van der Waals surface area contributed by atoms with Crippen LogP contribution in [0.15, 0.2) is 42.5 Å². The fraction of sp³-hybridized carbons (Fsp3) is 0.440. The molecule has 1 heterocycles. The van der Waals surface area contributed by atoms with Crippen LogP contribution in [-0.2, 0) is 4.79 Å². The quantitative estimate of drug-likeness (QED) is 0.622. The second-order valence-electron chi connectivity index (χ2n) is 8.52. The third kappa shape index (κ3) is 7.18. The lowest BCUT2D eigenvalue weighted by Crippen LogP contribution is -2.50. The highest BCUT2D eigenvalue weighted by molar-refractivity contribution is 5.95. The van der Waals surface area contributed by atoms with Gasteiger partial charge in [0.25, 0.3) is 5.91 Å². The first kappa shape index (κ1) is 24.5. The lowest BCUT2D eigenvalue weighted by Gasteiger charge is -2.34. The topological polar surface area (TPSA) is 71.1 Å². The number of benzene rings is 2. The van der Waals surface area contributed by atoms with Gasteiger partial charge < -0.3 is 19.7 Å². The molecule has 0 saturated carbocycles. The number of methoxy groups -OCH3 is 1. The Morgan fingerprint density at radius 3 is 2.48 bits per heavy atom. The first-order valence-electron chi connectivity index (χ1n) is 11.2. The zero-order valence-electron chi connectivity index (χ0n) is 19.5. The van der Waals surface area contributed by atoms with Crippen molar-refractivity contribution in [2.45, 2.75) is 20.3 Å². The smallest absolute Gasteiger partial charge is 0.254 e. The van der Waals surface area contributed by atoms with Crippen LogP contribution in [0.25, 0.3) is 0 Å². The predicted octanol–water partition coefficient (Wildman–Crippen LogP) is 3.66. The molecule has 3 rings (SSSR count). The third-order valence-electron chi connectivity index (χ3n) is 5.50. The van der Waals surface area contributed by atoms with Crippen molar-refractivity contribution in [2.24, 2.45) is 5.92 Å². The lowest BCUT2D eigenvalue weighted by atomic mass is 10.1. The number of nitrogens with zero attached hydrogens (tertiary/aromatic N) is 2. The Kier molecular flexibility index (Phi) is 8.65. The van der Waals surface area contributed by atoms with Crippen molar-refractivity contribution < 1.29 is 23.5 Å². The van der Waals surface area contributed by atoms with Gasteiger partial charge in [-0.1, -0.05) is 19.9 Å². The number of nitrogens with one attached hydrogen (secondary N) is 1. The van der Waals surface area contributed by atoms with Crippen molar-refractivity contribution >= 4 is 17.5 Å². The van der Waals surface area contributed by atoms with E-state index in [1.165, 1.54) is 12.1 Å². The maximum Gasteiger partial charge on any atom is 0.254 e. The summed E-state index contributed by atoms with van der Waals surface area (Å²) in [5.41, 5.74) is 0.972. The number of piperazine rings is 1. The van der Waals surface area contributed by atoms with Crippen LogP contribution in [0.2, 0.25) is 0 Å². The number of ether oxygens (including phenoxy) is 2. The van der Waals surface area contributed by atoms with Gasteiger partial charge in [0.05, 0.1) is 20.3 Å². The summed E-state index contributed by atoms with van der Waals surface area (Å²) in [5.74, 6) is 1.03. The van der Waals surface area contributed by atoms with Gasteiger partial charge in [0, 0.05) is 37.4 Å². The molecule has 1 N–H and O–H groups in total. The average molecular weight is 458 g/mol. The van der Waals surface area contributed by atoms with E-state index < -0.39 is 5.82 Å². The second kappa shape index (κ2) is 11.7. The van der Waals surface area contributed by atoms with Crippen LogP contribution in [0.5, 0.6) is 11.5 Å². The van der Waals surface area contributed by atoms with Crippen molar-refractivity contribution in [3.05, 3.63) is 53.8 Å². The number of amides is 2. The maximum atomic E-state index is 13.3. The van der Waals surface area contributed by atoms with Crippen LogP contribution in [0.1, 0.15) is 30.6 Å². The van der Waals surface area contributed by atoms with Gasteiger partial charge in [-0.2, -0.15) is 0 Å². The van der Waals surface area contributed by atoms with Crippen LogP contribution < -0.4 is 14.8 Å². The fourth-order valence-corrected chi connectivity index (χ4v) is 3.59. The number of rotatable bonds is 9. The third-order valence-corrected chi connectivity index (χ3v) is 5.50. The lowest BCUT2D eigenvalue weighted by molar-refractivity contribution is -0.117. The molecule has 1 fully saturated rings. The standard InChI is InChI=1S/C25H32FN3O4/c1-18(2)9-14-33-22-8-7-19(15-23(22)32-3)25(31)29-12-10-28(11-13-29)17-24(30)27-21-6-4-5-20(26)16-21/h4-8,15-16,18H,9-14,17H2,1-3H3,(H,27,30). The van der Waals surface area contributed by atoms with Crippen molar-refractivity contribution in [1.82, 2.24) is 9.80 Å². The maximum absolute atomic E-state index is 13.3. The van der Waals surface area contributed by atoms with E-state index >= 15 is 0 Å². The summed E-state index contributed by atoms with van der Waals surface area (Å²) in [6.07, 6.45) is 0.939. The molecular formula is C25H32FN3O4. The summed E-state index contributed by atoms with van der Waals surface area (Å²) < 4.78 is 24.5. The van der Waals surface area contributed by atoms with E-state index in [9.17, 15) is 14.0 Å². The van der Waals surface area contributed by atoms with E-state index in [1.54, 1.807) is 42.3 Å². The molecule has 1 aliphatic heterocycles. The molecule has 2 amide bonds. The molecule has 178 valence electrons. The van der Waals surface area contributed by atoms with Crippen LogP contribution >= 0.6 is 0 Å². The summed E-state index contributed by atoms with van der Waals surface area (Å²) in [6, 6.07) is 11.1. The average Bonchev–Trinajstić information content (AvgIpc) is 2.79. The fourth-order valence-electron chi connectivity index (χ4n) is 3.59. The van der Waals surface area contributed by atoms with E-state index in [0.29, 0.717) is 61.5 Å². The molecule has 2 aromatic carbocycles. The van der Waals surface area contributed by atoms with E-state index in [1.807, 2.05) is 4.90 Å². The Morgan fingerprint density at radius 2 is 1.82 bits per heavy atom. The predicted molar refractivity (Wildman–Crippen MR) is 125 cm³/mol. The summed E-state index contributed by atoms with van der Waals surface area (Å²) >= 11 is 0. The Labute approximate surface area is 194 Å². The largest absolute Gasteiger partial charge is 0.493 e. The van der Waals surface area contributed by atoms with Gasteiger partial charge in [0.2, 0.25) is 5.91 Å². The van der Waals surface area contributed by atoms with E-state index in [2.05, 4.69) is 19.2 Å². The second-order valence-corrected chi connectivity index (χ2v) is 8.52. The summed E-state index contributed by atoms with van der Waals surface area (Å²) in [4.78, 5) is 29.0. The molecule has 0 spiro atoms. The summed E-state index contributed by atoms with van der Waals surface area (Å²) in [5, 5.41) is 2.70. The molecule has 2 aromatic rings. The summed E-state index contributed by atoms with van der Waals surface area (Å²) in [6.45, 7) is 7.25. The number of carbonyl (C=O) groups is 2. The highest BCUT2D eigenvalue weighted by Gasteiger charge is 2.24. The molecule has 33 heavy (non-hydrogen) atoms. The van der Waals surface area contributed by atoms with Gasteiger partial charge in [-0.25, -0.2) is 4.39 Å². The highest BCUT2D eigenvalue weighted by Crippen LogP contribution is 2.29. The monoisotopic (exact) mass is 457 g/mol. The van der Waals surface area contributed by atoms with Crippen molar-refractivity contribution in [3.8, 4) is 11.5 Å².